The molecule has 0 spiro atoms. The Bertz CT molecular complexity index is 985. The number of fused-ring (bicyclic) bond motifs is 3. The van der Waals surface area contributed by atoms with Crippen LogP contribution in [0.3, 0.4) is 0 Å². The highest BCUT2D eigenvalue weighted by Gasteiger charge is 2.31. The molecule has 1 aromatic carbocycles. The fraction of sp³-hybridized carbons (Fsp3) is 0.615. The summed E-state index contributed by atoms with van der Waals surface area (Å²) in [4.78, 5) is 18.7. The predicted molar refractivity (Wildman–Crippen MR) is 128 cm³/mol. The molecule has 2 aromatic rings. The van der Waals surface area contributed by atoms with Crippen molar-refractivity contribution >= 4 is 23.2 Å². The van der Waals surface area contributed by atoms with Gasteiger partial charge in [0.2, 0.25) is 0 Å². The number of anilines is 1. The molecule has 1 saturated carbocycles. The third-order valence-corrected chi connectivity index (χ3v) is 7.47. The number of carbonyl (C=O) groups is 1. The second kappa shape index (κ2) is 10.2. The molecule has 1 atom stereocenters. The van der Waals surface area contributed by atoms with E-state index in [9.17, 15) is 4.79 Å². The van der Waals surface area contributed by atoms with E-state index in [1.54, 1.807) is 7.11 Å². The van der Waals surface area contributed by atoms with E-state index in [2.05, 4.69) is 10.2 Å². The standard InChI is InChI=1S/C26H35N3O4/c1-31-23-14-20-21(15-24(23)32-13-5-12-29-10-2-3-11-29)28-26(27-16-18-6-4-7-18)19-8-9-22(25(19)20)33-17-30/h14-15,17-18,22H,2-13,16H2,1H3,(H,27,28). The van der Waals surface area contributed by atoms with Crippen molar-refractivity contribution in [2.45, 2.75) is 57.5 Å². The minimum Gasteiger partial charge on any atom is -0.493 e. The first-order valence-electron chi connectivity index (χ1n) is 12.5. The summed E-state index contributed by atoms with van der Waals surface area (Å²) in [5.41, 5.74) is 3.07. The number of pyridine rings is 1. The van der Waals surface area contributed by atoms with Gasteiger partial charge >= 0.3 is 0 Å². The topological polar surface area (TPSA) is 72.9 Å². The van der Waals surface area contributed by atoms with E-state index < -0.39 is 0 Å². The largest absolute Gasteiger partial charge is 0.493 e. The summed E-state index contributed by atoms with van der Waals surface area (Å²) in [6, 6.07) is 3.98. The number of aromatic nitrogens is 1. The number of methoxy groups -OCH3 is 1. The molecule has 1 unspecified atom stereocenters. The van der Waals surface area contributed by atoms with Crippen LogP contribution in [0.2, 0.25) is 0 Å². The van der Waals surface area contributed by atoms with Crippen LogP contribution < -0.4 is 14.8 Å². The first-order valence-corrected chi connectivity index (χ1v) is 12.5. The van der Waals surface area contributed by atoms with Crippen LogP contribution in [0.4, 0.5) is 5.82 Å². The smallest absolute Gasteiger partial charge is 0.293 e. The number of nitrogens with zero attached hydrogens (tertiary/aromatic N) is 2. The van der Waals surface area contributed by atoms with E-state index in [0.29, 0.717) is 18.8 Å². The van der Waals surface area contributed by atoms with E-state index in [-0.39, 0.29) is 6.10 Å². The molecule has 1 aliphatic heterocycles. The molecule has 0 amide bonds. The lowest BCUT2D eigenvalue weighted by atomic mass is 9.85. The van der Waals surface area contributed by atoms with Gasteiger partial charge in [0.25, 0.3) is 6.47 Å². The van der Waals surface area contributed by atoms with Crippen LogP contribution in [-0.4, -0.2) is 56.3 Å². The maximum absolute atomic E-state index is 11.2. The first kappa shape index (κ1) is 22.3. The van der Waals surface area contributed by atoms with Crippen molar-refractivity contribution in [1.82, 2.24) is 9.88 Å². The molecule has 2 fully saturated rings. The Balaban J connectivity index is 1.41. The Hall–Kier alpha value is -2.54. The molecule has 3 aliphatic rings. The summed E-state index contributed by atoms with van der Waals surface area (Å²) < 4.78 is 17.3. The maximum Gasteiger partial charge on any atom is 0.293 e. The quantitative estimate of drug-likeness (QED) is 0.397. The Morgan fingerprint density at radius 3 is 2.73 bits per heavy atom. The highest BCUT2D eigenvalue weighted by Crippen LogP contribution is 2.44. The zero-order valence-electron chi connectivity index (χ0n) is 19.6. The first-order chi connectivity index (χ1) is 16.3. The molecular formula is C26H35N3O4. The molecule has 7 nitrogen and oxygen atoms in total. The monoisotopic (exact) mass is 453 g/mol. The highest BCUT2D eigenvalue weighted by atomic mass is 16.5. The molecule has 0 radical (unpaired) electrons. The number of ether oxygens (including phenoxy) is 3. The Morgan fingerprint density at radius 2 is 2.00 bits per heavy atom. The van der Waals surface area contributed by atoms with Crippen LogP contribution in [0.25, 0.3) is 10.9 Å². The van der Waals surface area contributed by atoms with Crippen molar-refractivity contribution in [2.75, 3.05) is 45.2 Å². The zero-order chi connectivity index (χ0) is 22.6. The Morgan fingerprint density at radius 1 is 1.15 bits per heavy atom. The van der Waals surface area contributed by atoms with E-state index in [1.807, 2.05) is 12.1 Å². The van der Waals surface area contributed by atoms with E-state index in [1.165, 1.54) is 45.2 Å². The second-order valence-corrected chi connectivity index (χ2v) is 9.56. The van der Waals surface area contributed by atoms with Gasteiger partial charge in [-0.05, 0) is 70.0 Å². The molecule has 2 aliphatic carbocycles. The molecule has 178 valence electrons. The van der Waals surface area contributed by atoms with Crippen molar-refractivity contribution in [3.05, 3.63) is 23.3 Å². The van der Waals surface area contributed by atoms with Crippen molar-refractivity contribution in [3.63, 3.8) is 0 Å². The number of hydrogen-bond acceptors (Lipinski definition) is 7. The lowest BCUT2D eigenvalue weighted by molar-refractivity contribution is -0.133. The van der Waals surface area contributed by atoms with E-state index in [0.717, 1.165) is 71.9 Å². The number of likely N-dealkylation sites (tertiary alicyclic amines) is 1. The molecule has 2 heterocycles. The van der Waals surface area contributed by atoms with Gasteiger partial charge in [0.1, 0.15) is 11.9 Å². The predicted octanol–water partition coefficient (Wildman–Crippen LogP) is 4.48. The Labute approximate surface area is 195 Å². The van der Waals surface area contributed by atoms with Gasteiger partial charge in [-0.2, -0.15) is 0 Å². The maximum atomic E-state index is 11.2. The molecular weight excluding hydrogens is 418 g/mol. The van der Waals surface area contributed by atoms with Crippen molar-refractivity contribution < 1.29 is 19.0 Å². The molecule has 1 saturated heterocycles. The summed E-state index contributed by atoms with van der Waals surface area (Å²) >= 11 is 0. The molecule has 33 heavy (non-hydrogen) atoms. The van der Waals surface area contributed by atoms with Crippen LogP contribution in [0.5, 0.6) is 11.5 Å². The normalized spacial score (nSPS) is 20.5. The van der Waals surface area contributed by atoms with Crippen LogP contribution in [0, 0.1) is 5.92 Å². The van der Waals surface area contributed by atoms with E-state index >= 15 is 0 Å². The average molecular weight is 454 g/mol. The van der Waals surface area contributed by atoms with Crippen molar-refractivity contribution in [3.8, 4) is 11.5 Å². The highest BCUT2D eigenvalue weighted by molar-refractivity contribution is 5.90. The van der Waals surface area contributed by atoms with Gasteiger partial charge in [0.05, 0.1) is 19.2 Å². The molecule has 1 N–H and O–H groups in total. The fourth-order valence-corrected chi connectivity index (χ4v) is 5.41. The summed E-state index contributed by atoms with van der Waals surface area (Å²) in [5, 5.41) is 4.58. The van der Waals surface area contributed by atoms with Gasteiger partial charge < -0.3 is 24.4 Å². The van der Waals surface area contributed by atoms with Crippen LogP contribution in [-0.2, 0) is 16.0 Å². The van der Waals surface area contributed by atoms with Crippen LogP contribution in [0.1, 0.15) is 62.2 Å². The summed E-state index contributed by atoms with van der Waals surface area (Å²) in [6.45, 7) is 5.63. The van der Waals surface area contributed by atoms with Crippen LogP contribution >= 0.6 is 0 Å². The van der Waals surface area contributed by atoms with Gasteiger partial charge in [-0.25, -0.2) is 4.98 Å². The SMILES string of the molecule is COc1cc2c3c(c(NCC4CCC4)nc2cc1OCCCN1CCCC1)CCC3OC=O. The number of rotatable bonds is 11. The number of benzene rings is 1. The van der Waals surface area contributed by atoms with Gasteiger partial charge in [0.15, 0.2) is 11.5 Å². The number of nitrogens with one attached hydrogen (secondary N) is 1. The van der Waals surface area contributed by atoms with Crippen molar-refractivity contribution in [2.24, 2.45) is 5.92 Å². The van der Waals surface area contributed by atoms with Gasteiger partial charge in [-0.3, -0.25) is 4.79 Å². The van der Waals surface area contributed by atoms with E-state index in [4.69, 9.17) is 19.2 Å². The minimum absolute atomic E-state index is 0.246. The third-order valence-electron chi connectivity index (χ3n) is 7.47. The fourth-order valence-electron chi connectivity index (χ4n) is 5.41. The molecule has 1 aromatic heterocycles. The van der Waals surface area contributed by atoms with Gasteiger partial charge in [0, 0.05) is 35.7 Å². The Kier molecular flexibility index (Phi) is 6.85. The average Bonchev–Trinajstić information content (AvgIpc) is 3.46. The lowest BCUT2D eigenvalue weighted by Gasteiger charge is -2.26. The number of carbonyl (C=O) groups excluding carboxylic acids is 1. The van der Waals surface area contributed by atoms with Gasteiger partial charge in [-0.1, -0.05) is 6.42 Å². The van der Waals surface area contributed by atoms with Crippen molar-refractivity contribution in [1.29, 1.82) is 0 Å². The molecule has 0 bridgehead atoms. The molecule has 5 rings (SSSR count). The zero-order valence-corrected chi connectivity index (χ0v) is 19.6. The summed E-state index contributed by atoms with van der Waals surface area (Å²) in [5.74, 6) is 3.06. The van der Waals surface area contributed by atoms with Gasteiger partial charge in [-0.15, -0.1) is 0 Å². The minimum atomic E-state index is -0.246. The lowest BCUT2D eigenvalue weighted by Crippen LogP contribution is -2.22. The molecule has 7 heteroatoms. The van der Waals surface area contributed by atoms with Crippen LogP contribution in [0.15, 0.2) is 12.1 Å². The summed E-state index contributed by atoms with van der Waals surface area (Å²) in [6.07, 6.45) is 8.88. The summed E-state index contributed by atoms with van der Waals surface area (Å²) in [7, 11) is 1.67. The third kappa shape index (κ3) is 4.74. The number of hydrogen-bond donors (Lipinski definition) is 1. The second-order valence-electron chi connectivity index (χ2n) is 9.56.